The molecule has 2 N–H and O–H groups in total. The minimum atomic E-state index is -0.639. The summed E-state index contributed by atoms with van der Waals surface area (Å²) in [5, 5.41) is 6.19. The highest BCUT2D eigenvalue weighted by atomic mass is 16.5. The lowest BCUT2D eigenvalue weighted by atomic mass is 9.95. The monoisotopic (exact) mass is 630 g/mol. The van der Waals surface area contributed by atoms with Gasteiger partial charge in [-0.05, 0) is 78.9 Å². The highest BCUT2D eigenvalue weighted by Gasteiger charge is 2.30. The average molecular weight is 631 g/mol. The molecule has 0 radical (unpaired) electrons. The molecule has 2 amide bonds. The van der Waals surface area contributed by atoms with E-state index in [9.17, 15) is 14.4 Å². The van der Waals surface area contributed by atoms with Crippen LogP contribution in [-0.2, 0) is 16.0 Å². The van der Waals surface area contributed by atoms with Gasteiger partial charge in [0.1, 0.15) is 11.8 Å². The van der Waals surface area contributed by atoms with Crippen LogP contribution in [0.15, 0.2) is 53.3 Å². The van der Waals surface area contributed by atoms with E-state index in [0.717, 1.165) is 28.1 Å². The van der Waals surface area contributed by atoms with Gasteiger partial charge in [-0.1, -0.05) is 6.07 Å². The molecule has 3 aromatic rings. The molecule has 46 heavy (non-hydrogen) atoms. The van der Waals surface area contributed by atoms with E-state index in [2.05, 4.69) is 15.5 Å². The SMILES string of the molecule is COc1ccc(N2CCN(C(=O)[C@@H](C)Nc3ccc4c(cc3=O)[C@@H](NC(C)=O)CCc3cc(OC)c(OC)c(OC)c3-4)CC2)cc1. The molecule has 1 heterocycles. The van der Waals surface area contributed by atoms with Crippen LogP contribution in [0.3, 0.4) is 0 Å². The van der Waals surface area contributed by atoms with Crippen molar-refractivity contribution >= 4 is 23.2 Å². The maximum absolute atomic E-state index is 13.7. The minimum absolute atomic E-state index is 0.0816. The van der Waals surface area contributed by atoms with E-state index in [-0.39, 0.29) is 22.9 Å². The number of hydrogen-bond acceptors (Lipinski definition) is 9. The van der Waals surface area contributed by atoms with Crippen LogP contribution in [0.5, 0.6) is 23.0 Å². The van der Waals surface area contributed by atoms with Crippen LogP contribution in [0.4, 0.5) is 11.4 Å². The van der Waals surface area contributed by atoms with Gasteiger partial charge in [0, 0.05) is 44.4 Å². The largest absolute Gasteiger partial charge is 0.497 e. The third kappa shape index (κ3) is 6.54. The van der Waals surface area contributed by atoms with E-state index >= 15 is 0 Å². The molecular formula is C35H42N4O7. The third-order valence-corrected chi connectivity index (χ3v) is 8.69. The second-order valence-electron chi connectivity index (χ2n) is 11.5. The Balaban J connectivity index is 1.43. The smallest absolute Gasteiger partial charge is 0.244 e. The molecule has 244 valence electrons. The number of methoxy groups -OCH3 is 4. The molecule has 0 unspecified atom stereocenters. The molecule has 0 saturated carbocycles. The summed E-state index contributed by atoms with van der Waals surface area (Å²) >= 11 is 0. The molecule has 11 nitrogen and oxygen atoms in total. The Bertz CT molecular complexity index is 1650. The van der Waals surface area contributed by atoms with Gasteiger partial charge in [-0.2, -0.15) is 0 Å². The lowest BCUT2D eigenvalue weighted by Crippen LogP contribution is -2.52. The second kappa shape index (κ2) is 14.0. The Morgan fingerprint density at radius 2 is 1.57 bits per heavy atom. The average Bonchev–Trinajstić information content (AvgIpc) is 3.31. The molecular weight excluding hydrogens is 588 g/mol. The number of benzene rings is 2. The fourth-order valence-electron chi connectivity index (χ4n) is 6.37. The Labute approximate surface area is 269 Å². The first-order valence-electron chi connectivity index (χ1n) is 15.4. The zero-order valence-electron chi connectivity index (χ0n) is 27.3. The third-order valence-electron chi connectivity index (χ3n) is 8.69. The van der Waals surface area contributed by atoms with Gasteiger partial charge in [-0.25, -0.2) is 0 Å². The zero-order valence-corrected chi connectivity index (χ0v) is 27.3. The van der Waals surface area contributed by atoms with Crippen molar-refractivity contribution in [2.45, 2.75) is 38.8 Å². The molecule has 0 spiro atoms. The predicted molar refractivity (Wildman–Crippen MR) is 178 cm³/mol. The number of nitrogens with zero attached hydrogens (tertiary/aromatic N) is 2. The van der Waals surface area contributed by atoms with Crippen molar-refractivity contribution in [2.75, 3.05) is 64.8 Å². The van der Waals surface area contributed by atoms with Gasteiger partial charge in [0.2, 0.25) is 23.0 Å². The highest BCUT2D eigenvalue weighted by Crippen LogP contribution is 2.50. The molecule has 5 rings (SSSR count). The van der Waals surface area contributed by atoms with Crippen LogP contribution in [-0.4, -0.2) is 77.4 Å². The van der Waals surface area contributed by atoms with Gasteiger partial charge in [0.15, 0.2) is 11.5 Å². The predicted octanol–water partition coefficient (Wildman–Crippen LogP) is 4.02. The standard InChI is InChI=1S/C35H42N4O7/c1-21(35(42)39-17-15-38(16-18-39)24-8-10-25(43-3)11-9-24)36-29-14-12-26-27(20-30(29)41)28(37-22(2)40)13-7-23-19-31(44-4)33(45-5)34(46-6)32(23)26/h8-12,14,19-21,28H,7,13,15-18H2,1-6H3,(H,36,41)(H,37,40)/t21-,28+/m1/s1. The van der Waals surface area contributed by atoms with Crippen molar-refractivity contribution < 1.29 is 28.5 Å². The molecule has 2 aliphatic rings. The maximum Gasteiger partial charge on any atom is 0.244 e. The first-order valence-corrected chi connectivity index (χ1v) is 15.4. The number of nitrogens with one attached hydrogen (secondary N) is 2. The number of ether oxygens (including phenoxy) is 4. The number of carbonyl (C=O) groups excluding carboxylic acids is 2. The first-order chi connectivity index (χ1) is 22.2. The number of rotatable bonds is 9. The number of anilines is 2. The van der Waals surface area contributed by atoms with E-state index in [1.165, 1.54) is 6.92 Å². The Morgan fingerprint density at radius 3 is 2.17 bits per heavy atom. The van der Waals surface area contributed by atoms with Crippen LogP contribution < -0.4 is 39.9 Å². The summed E-state index contributed by atoms with van der Waals surface area (Å²) in [6.45, 7) is 5.76. The summed E-state index contributed by atoms with van der Waals surface area (Å²) in [6, 6.07) is 13.8. The first kappa shape index (κ1) is 32.5. The van der Waals surface area contributed by atoms with Gasteiger partial charge in [-0.15, -0.1) is 0 Å². The number of aryl methyl sites for hydroxylation is 1. The molecule has 3 aromatic carbocycles. The molecule has 2 atom stereocenters. The number of piperazine rings is 1. The van der Waals surface area contributed by atoms with Crippen molar-refractivity contribution in [2.24, 2.45) is 0 Å². The van der Waals surface area contributed by atoms with Gasteiger partial charge >= 0.3 is 0 Å². The van der Waals surface area contributed by atoms with Crippen molar-refractivity contribution in [3.63, 3.8) is 0 Å². The molecule has 0 bridgehead atoms. The van der Waals surface area contributed by atoms with E-state index in [4.69, 9.17) is 18.9 Å². The Kier molecular flexibility index (Phi) is 9.89. The van der Waals surface area contributed by atoms with Gasteiger partial charge in [-0.3, -0.25) is 14.4 Å². The van der Waals surface area contributed by atoms with Crippen molar-refractivity contribution in [3.05, 3.63) is 69.9 Å². The lowest BCUT2D eigenvalue weighted by molar-refractivity contribution is -0.132. The van der Waals surface area contributed by atoms with Crippen molar-refractivity contribution in [1.29, 1.82) is 0 Å². The molecule has 1 aliphatic carbocycles. The van der Waals surface area contributed by atoms with Gasteiger partial charge in [0.25, 0.3) is 0 Å². The van der Waals surface area contributed by atoms with E-state index in [1.54, 1.807) is 47.5 Å². The Morgan fingerprint density at radius 1 is 0.870 bits per heavy atom. The zero-order chi connectivity index (χ0) is 33.0. The van der Waals surface area contributed by atoms with Crippen molar-refractivity contribution in [3.8, 4) is 34.1 Å². The fourth-order valence-corrected chi connectivity index (χ4v) is 6.37. The normalized spacial score (nSPS) is 16.3. The van der Waals surface area contributed by atoms with Crippen LogP contribution in [0, 0.1) is 0 Å². The number of carbonyl (C=O) groups is 2. The van der Waals surface area contributed by atoms with Crippen LogP contribution >= 0.6 is 0 Å². The number of hydrogen-bond donors (Lipinski definition) is 2. The summed E-state index contributed by atoms with van der Waals surface area (Å²) in [7, 11) is 6.32. The molecule has 1 aliphatic heterocycles. The van der Waals surface area contributed by atoms with E-state index in [1.807, 2.05) is 41.3 Å². The number of amides is 2. The summed E-state index contributed by atoms with van der Waals surface area (Å²) < 4.78 is 22.4. The van der Waals surface area contributed by atoms with E-state index in [0.29, 0.717) is 61.8 Å². The summed E-state index contributed by atoms with van der Waals surface area (Å²) in [6.07, 6.45) is 1.16. The molecule has 1 saturated heterocycles. The summed E-state index contributed by atoms with van der Waals surface area (Å²) in [4.78, 5) is 43.5. The lowest BCUT2D eigenvalue weighted by Gasteiger charge is -2.37. The maximum atomic E-state index is 13.7. The minimum Gasteiger partial charge on any atom is -0.497 e. The second-order valence-corrected chi connectivity index (χ2v) is 11.5. The van der Waals surface area contributed by atoms with Crippen molar-refractivity contribution in [1.82, 2.24) is 10.2 Å². The summed E-state index contributed by atoms with van der Waals surface area (Å²) in [5.74, 6) is 1.96. The van der Waals surface area contributed by atoms with E-state index < -0.39 is 12.1 Å². The topological polar surface area (TPSA) is 119 Å². The highest BCUT2D eigenvalue weighted by molar-refractivity contribution is 5.86. The molecule has 11 heteroatoms. The fraction of sp³-hybridized carbons (Fsp3) is 0.400. The summed E-state index contributed by atoms with van der Waals surface area (Å²) in [5.41, 5.74) is 4.17. The Hall–Kier alpha value is -4.93. The van der Waals surface area contributed by atoms with Gasteiger partial charge < -0.3 is 39.4 Å². The van der Waals surface area contributed by atoms with Crippen LogP contribution in [0.25, 0.3) is 11.1 Å². The molecule has 0 aromatic heterocycles. The number of fused-ring (bicyclic) bond motifs is 3. The van der Waals surface area contributed by atoms with Gasteiger partial charge in [0.05, 0.1) is 40.2 Å². The van der Waals surface area contributed by atoms with Crippen LogP contribution in [0.2, 0.25) is 0 Å². The molecule has 1 fully saturated rings. The van der Waals surface area contributed by atoms with Crippen LogP contribution in [0.1, 0.15) is 37.4 Å². The quantitative estimate of drug-likeness (QED) is 0.362.